The van der Waals surface area contributed by atoms with Gasteiger partial charge in [0.1, 0.15) is 17.7 Å². The number of carbonyl (C=O) groups excluding carboxylic acids is 1. The van der Waals surface area contributed by atoms with Crippen LogP contribution in [0.3, 0.4) is 0 Å². The average molecular weight is 266 g/mol. The van der Waals surface area contributed by atoms with Crippen LogP contribution in [0.4, 0.5) is 8.78 Å². The molecule has 100 valence electrons. The predicted octanol–water partition coefficient (Wildman–Crippen LogP) is 1.75. The molecule has 1 aromatic rings. The third kappa shape index (κ3) is 3.06. The van der Waals surface area contributed by atoms with E-state index in [9.17, 15) is 13.6 Å². The van der Waals surface area contributed by atoms with Gasteiger partial charge in [0, 0.05) is 25.3 Å². The molecule has 1 aliphatic rings. The van der Waals surface area contributed by atoms with Crippen molar-refractivity contribution in [1.29, 1.82) is 5.26 Å². The number of nitrogens with zero attached hydrogens (tertiary/aromatic N) is 1. The van der Waals surface area contributed by atoms with Gasteiger partial charge >= 0.3 is 0 Å². The van der Waals surface area contributed by atoms with Crippen molar-refractivity contribution in [1.82, 2.24) is 5.32 Å². The van der Waals surface area contributed by atoms with E-state index in [1.807, 2.05) is 0 Å². The van der Waals surface area contributed by atoms with Gasteiger partial charge in [-0.25, -0.2) is 8.78 Å². The minimum Gasteiger partial charge on any atom is -0.381 e. The standard InChI is InChI=1S/C13H12F2N2O2/c14-11-6-12(15)10(5-8(11)7-16)13(18)17-9-1-3-19-4-2-9/h5-6,9H,1-4H2,(H,17,18). The van der Waals surface area contributed by atoms with E-state index in [4.69, 9.17) is 10.00 Å². The second-order valence-corrected chi connectivity index (χ2v) is 4.28. The number of nitrogens with one attached hydrogen (secondary N) is 1. The number of halogens is 2. The summed E-state index contributed by atoms with van der Waals surface area (Å²) in [4.78, 5) is 11.9. The Morgan fingerprint density at radius 1 is 1.32 bits per heavy atom. The molecule has 6 heteroatoms. The molecule has 0 bridgehead atoms. The van der Waals surface area contributed by atoms with Crippen molar-refractivity contribution in [3.8, 4) is 6.07 Å². The lowest BCUT2D eigenvalue weighted by Gasteiger charge is -2.23. The summed E-state index contributed by atoms with van der Waals surface area (Å²) in [7, 11) is 0. The van der Waals surface area contributed by atoms with Gasteiger partial charge in [-0.1, -0.05) is 0 Å². The average Bonchev–Trinajstić information content (AvgIpc) is 2.40. The maximum Gasteiger partial charge on any atom is 0.254 e. The zero-order valence-electron chi connectivity index (χ0n) is 10.1. The van der Waals surface area contributed by atoms with Crippen molar-refractivity contribution in [2.24, 2.45) is 0 Å². The SMILES string of the molecule is N#Cc1cc(C(=O)NC2CCOCC2)c(F)cc1F. The minimum atomic E-state index is -0.971. The van der Waals surface area contributed by atoms with Gasteiger partial charge in [-0.3, -0.25) is 4.79 Å². The molecule has 1 fully saturated rings. The lowest BCUT2D eigenvalue weighted by Crippen LogP contribution is -2.39. The van der Waals surface area contributed by atoms with Gasteiger partial charge in [-0.05, 0) is 18.9 Å². The van der Waals surface area contributed by atoms with Crippen molar-refractivity contribution >= 4 is 5.91 Å². The van der Waals surface area contributed by atoms with Gasteiger partial charge in [0.05, 0.1) is 11.1 Å². The minimum absolute atomic E-state index is 0.0868. The number of rotatable bonds is 2. The highest BCUT2D eigenvalue weighted by atomic mass is 19.1. The van der Waals surface area contributed by atoms with Crippen LogP contribution in [-0.2, 0) is 4.74 Å². The van der Waals surface area contributed by atoms with Crippen molar-refractivity contribution in [3.63, 3.8) is 0 Å². The Labute approximate surface area is 109 Å². The highest BCUT2D eigenvalue weighted by Gasteiger charge is 2.20. The Balaban J connectivity index is 2.16. The molecule has 1 saturated heterocycles. The number of benzene rings is 1. The van der Waals surface area contributed by atoms with Crippen LogP contribution in [0.5, 0.6) is 0 Å². The molecule has 0 unspecified atom stereocenters. The summed E-state index contributed by atoms with van der Waals surface area (Å²) in [5, 5.41) is 11.3. The molecular formula is C13H12F2N2O2. The Morgan fingerprint density at radius 3 is 2.63 bits per heavy atom. The van der Waals surface area contributed by atoms with E-state index in [-0.39, 0.29) is 17.2 Å². The predicted molar refractivity (Wildman–Crippen MR) is 62.4 cm³/mol. The van der Waals surface area contributed by atoms with Crippen LogP contribution in [0.1, 0.15) is 28.8 Å². The molecule has 2 rings (SSSR count). The zero-order valence-corrected chi connectivity index (χ0v) is 10.1. The normalized spacial score (nSPS) is 15.8. The second-order valence-electron chi connectivity index (χ2n) is 4.28. The van der Waals surface area contributed by atoms with E-state index in [0.29, 0.717) is 32.1 Å². The summed E-state index contributed by atoms with van der Waals surface area (Å²) in [6.45, 7) is 1.08. The second kappa shape index (κ2) is 5.76. The van der Waals surface area contributed by atoms with E-state index in [2.05, 4.69) is 5.32 Å². The Kier molecular flexibility index (Phi) is 4.07. The first-order valence-corrected chi connectivity index (χ1v) is 5.89. The van der Waals surface area contributed by atoms with Crippen LogP contribution >= 0.6 is 0 Å². The van der Waals surface area contributed by atoms with Gasteiger partial charge in [-0.2, -0.15) is 5.26 Å². The molecule has 0 radical (unpaired) electrons. The van der Waals surface area contributed by atoms with E-state index in [0.717, 1.165) is 6.07 Å². The van der Waals surface area contributed by atoms with Crippen LogP contribution in [-0.4, -0.2) is 25.2 Å². The molecule has 1 N–H and O–H groups in total. The summed E-state index contributed by atoms with van der Waals surface area (Å²) in [6.07, 6.45) is 1.30. The molecule has 1 amide bonds. The maximum absolute atomic E-state index is 13.5. The molecule has 0 atom stereocenters. The summed E-state index contributed by atoms with van der Waals surface area (Å²) < 4.78 is 31.8. The highest BCUT2D eigenvalue weighted by Crippen LogP contribution is 2.15. The van der Waals surface area contributed by atoms with Gasteiger partial charge in [-0.15, -0.1) is 0 Å². The third-order valence-electron chi connectivity index (χ3n) is 2.98. The first kappa shape index (κ1) is 13.4. The summed E-state index contributed by atoms with van der Waals surface area (Å²) in [5.41, 5.74) is -0.664. The molecule has 0 saturated carbocycles. The van der Waals surface area contributed by atoms with E-state index >= 15 is 0 Å². The Hall–Kier alpha value is -2.00. The van der Waals surface area contributed by atoms with Crippen molar-refractivity contribution in [2.45, 2.75) is 18.9 Å². The van der Waals surface area contributed by atoms with Gasteiger partial charge < -0.3 is 10.1 Å². The van der Waals surface area contributed by atoms with Crippen LogP contribution in [0.25, 0.3) is 0 Å². The van der Waals surface area contributed by atoms with Crippen LogP contribution in [0, 0.1) is 23.0 Å². The van der Waals surface area contributed by atoms with Crippen molar-refractivity contribution in [3.05, 3.63) is 34.9 Å². The topological polar surface area (TPSA) is 62.1 Å². The molecule has 4 nitrogen and oxygen atoms in total. The van der Waals surface area contributed by atoms with Gasteiger partial charge in [0.15, 0.2) is 0 Å². The van der Waals surface area contributed by atoms with E-state index in [1.54, 1.807) is 6.07 Å². The maximum atomic E-state index is 13.5. The molecule has 0 spiro atoms. The number of nitriles is 1. The number of carbonyl (C=O) groups is 1. The van der Waals surface area contributed by atoms with Crippen molar-refractivity contribution < 1.29 is 18.3 Å². The largest absolute Gasteiger partial charge is 0.381 e. The summed E-state index contributed by atoms with van der Waals surface area (Å²) in [6, 6.07) is 2.98. The van der Waals surface area contributed by atoms with Crippen LogP contribution in [0.2, 0.25) is 0 Å². The molecule has 0 aromatic heterocycles. The molecule has 19 heavy (non-hydrogen) atoms. The van der Waals surface area contributed by atoms with Gasteiger partial charge in [0.2, 0.25) is 0 Å². The third-order valence-corrected chi connectivity index (χ3v) is 2.98. The summed E-state index contributed by atoms with van der Waals surface area (Å²) in [5.74, 6) is -2.58. The Bertz CT molecular complexity index is 534. The first-order valence-electron chi connectivity index (χ1n) is 5.89. The lowest BCUT2D eigenvalue weighted by atomic mass is 10.1. The monoisotopic (exact) mass is 266 g/mol. The van der Waals surface area contributed by atoms with Crippen LogP contribution < -0.4 is 5.32 Å². The first-order chi connectivity index (χ1) is 9.11. The molecule has 1 aromatic carbocycles. The number of amides is 1. The number of ether oxygens (including phenoxy) is 1. The van der Waals surface area contributed by atoms with Gasteiger partial charge in [0.25, 0.3) is 5.91 Å². The fourth-order valence-corrected chi connectivity index (χ4v) is 1.91. The molecule has 1 aliphatic heterocycles. The lowest BCUT2D eigenvalue weighted by molar-refractivity contribution is 0.0694. The molecule has 0 aliphatic carbocycles. The van der Waals surface area contributed by atoms with E-state index < -0.39 is 17.5 Å². The number of hydrogen-bond acceptors (Lipinski definition) is 3. The fraction of sp³-hybridized carbons (Fsp3) is 0.385. The van der Waals surface area contributed by atoms with Crippen molar-refractivity contribution in [2.75, 3.05) is 13.2 Å². The molecule has 1 heterocycles. The molecular weight excluding hydrogens is 254 g/mol. The zero-order chi connectivity index (χ0) is 13.8. The summed E-state index contributed by atoms with van der Waals surface area (Å²) >= 11 is 0. The fourth-order valence-electron chi connectivity index (χ4n) is 1.91. The highest BCUT2D eigenvalue weighted by molar-refractivity contribution is 5.95. The quantitative estimate of drug-likeness (QED) is 0.887. The smallest absolute Gasteiger partial charge is 0.254 e. The Morgan fingerprint density at radius 2 is 2.00 bits per heavy atom. The van der Waals surface area contributed by atoms with Crippen LogP contribution in [0.15, 0.2) is 12.1 Å². The number of hydrogen-bond donors (Lipinski definition) is 1. The van der Waals surface area contributed by atoms with E-state index in [1.165, 1.54) is 0 Å².